The molecule has 0 saturated carbocycles. The van der Waals surface area contributed by atoms with Crippen molar-refractivity contribution in [2.45, 2.75) is 25.7 Å². The van der Waals surface area contributed by atoms with Crippen LogP contribution in [-0.4, -0.2) is 0 Å². The Labute approximate surface area is 121 Å². The first kappa shape index (κ1) is 12.9. The van der Waals surface area contributed by atoms with Crippen LogP contribution < -0.4 is 0 Å². The van der Waals surface area contributed by atoms with Gasteiger partial charge in [0, 0.05) is 0 Å². The Morgan fingerprint density at radius 2 is 1.45 bits per heavy atom. The first-order valence-corrected chi connectivity index (χ1v) is 7.36. The van der Waals surface area contributed by atoms with Gasteiger partial charge in [-0.2, -0.15) is 0 Å². The van der Waals surface area contributed by atoms with E-state index in [1.54, 1.807) is 0 Å². The summed E-state index contributed by atoms with van der Waals surface area (Å²) in [6.45, 7) is 2.32. The van der Waals surface area contributed by atoms with Crippen LogP contribution >= 0.6 is 0 Å². The van der Waals surface area contributed by atoms with Crippen LogP contribution in [0.1, 0.15) is 30.4 Å². The SMILES string of the molecule is CC(CCc1cccc2ccccc12)c1ccccc1. The summed E-state index contributed by atoms with van der Waals surface area (Å²) in [5.74, 6) is 0.607. The Morgan fingerprint density at radius 3 is 2.30 bits per heavy atom. The molecule has 3 aromatic rings. The maximum absolute atomic E-state index is 2.32. The van der Waals surface area contributed by atoms with Crippen LogP contribution in [0.2, 0.25) is 0 Å². The number of aryl methyl sites for hydroxylation is 1. The van der Waals surface area contributed by atoms with Crippen LogP contribution in [0.4, 0.5) is 0 Å². The molecule has 0 aliphatic heterocycles. The van der Waals surface area contributed by atoms with Gasteiger partial charge in [-0.1, -0.05) is 79.7 Å². The molecule has 0 aliphatic rings. The van der Waals surface area contributed by atoms with Crippen LogP contribution in [0.5, 0.6) is 0 Å². The van der Waals surface area contributed by atoms with E-state index in [0.717, 1.165) is 6.42 Å². The molecule has 0 heteroatoms. The molecule has 0 aliphatic carbocycles. The lowest BCUT2D eigenvalue weighted by molar-refractivity contribution is 0.681. The topological polar surface area (TPSA) is 0 Å². The molecule has 3 rings (SSSR count). The summed E-state index contributed by atoms with van der Waals surface area (Å²) < 4.78 is 0. The molecule has 0 fully saturated rings. The molecule has 0 aromatic heterocycles. The lowest BCUT2D eigenvalue weighted by Gasteiger charge is -2.13. The Bertz CT molecular complexity index is 677. The average Bonchev–Trinajstić information content (AvgIpc) is 2.53. The second-order valence-corrected chi connectivity index (χ2v) is 5.49. The largest absolute Gasteiger partial charge is 0.0622 e. The van der Waals surface area contributed by atoms with Gasteiger partial charge in [-0.25, -0.2) is 0 Å². The maximum Gasteiger partial charge on any atom is -0.0152 e. The third kappa shape index (κ3) is 2.75. The number of fused-ring (bicyclic) bond motifs is 1. The van der Waals surface area contributed by atoms with E-state index in [4.69, 9.17) is 0 Å². The van der Waals surface area contributed by atoms with Crippen molar-refractivity contribution in [1.82, 2.24) is 0 Å². The summed E-state index contributed by atoms with van der Waals surface area (Å²) in [4.78, 5) is 0. The molecule has 0 bridgehead atoms. The van der Waals surface area contributed by atoms with Gasteiger partial charge >= 0.3 is 0 Å². The van der Waals surface area contributed by atoms with Crippen LogP contribution in [0.15, 0.2) is 72.8 Å². The number of hydrogen-bond donors (Lipinski definition) is 0. The van der Waals surface area contributed by atoms with Gasteiger partial charge < -0.3 is 0 Å². The second kappa shape index (κ2) is 5.92. The molecule has 0 saturated heterocycles. The zero-order valence-electron chi connectivity index (χ0n) is 11.9. The van der Waals surface area contributed by atoms with E-state index in [1.807, 2.05) is 0 Å². The van der Waals surface area contributed by atoms with Crippen LogP contribution in [0.3, 0.4) is 0 Å². The fourth-order valence-electron chi connectivity index (χ4n) is 2.83. The lowest BCUT2D eigenvalue weighted by Crippen LogP contribution is -1.96. The zero-order chi connectivity index (χ0) is 13.8. The standard InChI is InChI=1S/C20H20/c1-16(17-8-3-2-4-9-17)14-15-19-12-7-11-18-10-5-6-13-20(18)19/h2-13,16H,14-15H2,1H3. The normalized spacial score (nSPS) is 12.4. The first-order chi connectivity index (χ1) is 9.84. The van der Waals surface area contributed by atoms with Gasteiger partial charge in [0.05, 0.1) is 0 Å². The predicted molar refractivity (Wildman–Crippen MR) is 87.1 cm³/mol. The number of benzene rings is 3. The van der Waals surface area contributed by atoms with E-state index in [1.165, 1.54) is 28.3 Å². The summed E-state index contributed by atoms with van der Waals surface area (Å²) in [5, 5.41) is 2.74. The quantitative estimate of drug-likeness (QED) is 0.574. The molecular formula is C20H20. The lowest BCUT2D eigenvalue weighted by atomic mass is 9.92. The Hall–Kier alpha value is -2.08. The molecule has 0 radical (unpaired) electrons. The van der Waals surface area contributed by atoms with E-state index >= 15 is 0 Å². The van der Waals surface area contributed by atoms with Gasteiger partial charge in [-0.15, -0.1) is 0 Å². The van der Waals surface area contributed by atoms with Crippen molar-refractivity contribution >= 4 is 10.8 Å². The molecule has 0 N–H and O–H groups in total. The highest BCUT2D eigenvalue weighted by Gasteiger charge is 2.06. The summed E-state index contributed by atoms with van der Waals surface area (Å²) >= 11 is 0. The van der Waals surface area contributed by atoms with Gasteiger partial charge in [-0.3, -0.25) is 0 Å². The third-order valence-electron chi connectivity index (χ3n) is 4.10. The maximum atomic E-state index is 2.32. The number of hydrogen-bond acceptors (Lipinski definition) is 0. The highest BCUT2D eigenvalue weighted by Crippen LogP contribution is 2.24. The molecule has 0 spiro atoms. The van der Waals surface area contributed by atoms with Crippen molar-refractivity contribution in [3.8, 4) is 0 Å². The minimum Gasteiger partial charge on any atom is -0.0622 e. The molecule has 1 atom stereocenters. The van der Waals surface area contributed by atoms with E-state index in [-0.39, 0.29) is 0 Å². The predicted octanol–water partition coefficient (Wildman–Crippen LogP) is 5.58. The van der Waals surface area contributed by atoms with Crippen molar-refractivity contribution in [2.24, 2.45) is 0 Å². The Balaban J connectivity index is 1.77. The Morgan fingerprint density at radius 1 is 0.750 bits per heavy atom. The average molecular weight is 260 g/mol. The third-order valence-corrected chi connectivity index (χ3v) is 4.10. The minimum absolute atomic E-state index is 0.607. The monoisotopic (exact) mass is 260 g/mol. The minimum atomic E-state index is 0.607. The van der Waals surface area contributed by atoms with Crippen molar-refractivity contribution < 1.29 is 0 Å². The fourth-order valence-corrected chi connectivity index (χ4v) is 2.83. The molecule has 1 unspecified atom stereocenters. The van der Waals surface area contributed by atoms with Gasteiger partial charge in [0.1, 0.15) is 0 Å². The highest BCUT2D eigenvalue weighted by atomic mass is 14.1. The van der Waals surface area contributed by atoms with E-state index < -0.39 is 0 Å². The summed E-state index contributed by atoms with van der Waals surface area (Å²) in [6, 6.07) is 26.1. The first-order valence-electron chi connectivity index (χ1n) is 7.36. The fraction of sp³-hybridized carbons (Fsp3) is 0.200. The van der Waals surface area contributed by atoms with Crippen LogP contribution in [0.25, 0.3) is 10.8 Å². The molecule has 0 nitrogen and oxygen atoms in total. The smallest absolute Gasteiger partial charge is 0.0152 e. The van der Waals surface area contributed by atoms with Crippen molar-refractivity contribution in [3.05, 3.63) is 83.9 Å². The molecular weight excluding hydrogens is 240 g/mol. The van der Waals surface area contributed by atoms with Crippen LogP contribution in [0, 0.1) is 0 Å². The summed E-state index contributed by atoms with van der Waals surface area (Å²) in [6.07, 6.45) is 2.33. The molecule has 100 valence electrons. The van der Waals surface area contributed by atoms with Crippen molar-refractivity contribution in [2.75, 3.05) is 0 Å². The van der Waals surface area contributed by atoms with Gasteiger partial charge in [0.15, 0.2) is 0 Å². The van der Waals surface area contributed by atoms with Gasteiger partial charge in [0.2, 0.25) is 0 Å². The van der Waals surface area contributed by atoms with Crippen molar-refractivity contribution in [1.29, 1.82) is 0 Å². The van der Waals surface area contributed by atoms with Gasteiger partial charge in [-0.05, 0) is 40.7 Å². The van der Waals surface area contributed by atoms with Crippen molar-refractivity contribution in [3.63, 3.8) is 0 Å². The summed E-state index contributed by atoms with van der Waals surface area (Å²) in [7, 11) is 0. The zero-order valence-corrected chi connectivity index (χ0v) is 11.9. The highest BCUT2D eigenvalue weighted by molar-refractivity contribution is 5.85. The van der Waals surface area contributed by atoms with E-state index in [2.05, 4.69) is 79.7 Å². The van der Waals surface area contributed by atoms with E-state index in [9.17, 15) is 0 Å². The molecule has 3 aromatic carbocycles. The number of rotatable bonds is 4. The Kier molecular flexibility index (Phi) is 3.83. The second-order valence-electron chi connectivity index (χ2n) is 5.49. The van der Waals surface area contributed by atoms with Gasteiger partial charge in [0.25, 0.3) is 0 Å². The van der Waals surface area contributed by atoms with E-state index in [0.29, 0.717) is 5.92 Å². The molecule has 0 heterocycles. The summed E-state index contributed by atoms with van der Waals surface area (Å²) in [5.41, 5.74) is 2.90. The molecule has 0 amide bonds. The molecule has 20 heavy (non-hydrogen) atoms. The van der Waals surface area contributed by atoms with Crippen LogP contribution in [-0.2, 0) is 6.42 Å².